The van der Waals surface area contributed by atoms with Gasteiger partial charge in [-0.1, -0.05) is 0 Å². The first-order valence-corrected chi connectivity index (χ1v) is 4.93. The van der Waals surface area contributed by atoms with Crippen molar-refractivity contribution in [3.63, 3.8) is 0 Å². The minimum absolute atomic E-state index is 0.0396. The number of likely N-dealkylation sites (N-methyl/N-ethyl adjacent to an activating group) is 1. The van der Waals surface area contributed by atoms with E-state index in [1.54, 1.807) is 7.05 Å². The molecule has 0 N–H and O–H groups in total. The molecule has 0 saturated carbocycles. The lowest BCUT2D eigenvalue weighted by Gasteiger charge is -2.16. The lowest BCUT2D eigenvalue weighted by molar-refractivity contribution is -0.138. The third-order valence-electron chi connectivity index (χ3n) is 1.74. The smallest absolute Gasteiger partial charge is 0.325 e. The van der Waals surface area contributed by atoms with Gasteiger partial charge in [0.05, 0.1) is 7.11 Å². The fourth-order valence-electron chi connectivity index (χ4n) is 1.02. The van der Waals surface area contributed by atoms with E-state index in [0.29, 0.717) is 4.47 Å². The number of aromatic nitrogens is 1. The Labute approximate surface area is 95.2 Å². The van der Waals surface area contributed by atoms with Crippen LogP contribution in [0.3, 0.4) is 0 Å². The average Bonchev–Trinajstić information content (AvgIpc) is 2.17. The highest BCUT2D eigenvalue weighted by molar-refractivity contribution is 9.10. The van der Waals surface area contributed by atoms with Crippen LogP contribution in [-0.4, -0.2) is 31.7 Å². The first-order chi connectivity index (χ1) is 7.04. The van der Waals surface area contributed by atoms with Gasteiger partial charge >= 0.3 is 5.97 Å². The molecule has 1 aromatic rings. The maximum Gasteiger partial charge on any atom is 0.325 e. The fraction of sp³-hybridized carbons (Fsp3) is 0.333. The van der Waals surface area contributed by atoms with Crippen molar-refractivity contribution in [3.8, 4) is 0 Å². The van der Waals surface area contributed by atoms with E-state index < -0.39 is 11.8 Å². The van der Waals surface area contributed by atoms with E-state index in [1.165, 1.54) is 24.3 Å². The van der Waals surface area contributed by atoms with Gasteiger partial charge in [0.25, 0.3) is 0 Å². The van der Waals surface area contributed by atoms with Crippen LogP contribution in [0.15, 0.2) is 16.7 Å². The van der Waals surface area contributed by atoms with E-state index in [1.807, 2.05) is 0 Å². The molecular formula is C9H10BrFN2O2. The Morgan fingerprint density at radius 1 is 1.73 bits per heavy atom. The molecule has 0 radical (unpaired) electrons. The Bertz CT molecular complexity index is 373. The number of carbonyl (C=O) groups is 1. The standard InChI is InChI=1S/C9H10BrFN2O2/c1-13(5-8(14)15-2)9-7(11)3-6(10)4-12-9/h3-4H,5H2,1-2H3. The summed E-state index contributed by atoms with van der Waals surface area (Å²) >= 11 is 3.10. The zero-order valence-corrected chi connectivity index (χ0v) is 9.91. The first kappa shape index (κ1) is 11.9. The minimum atomic E-state index is -0.490. The molecule has 0 saturated heterocycles. The molecule has 0 bridgehead atoms. The van der Waals surface area contributed by atoms with Gasteiger partial charge in [-0.25, -0.2) is 9.37 Å². The van der Waals surface area contributed by atoms with Gasteiger partial charge in [-0.05, 0) is 22.0 Å². The second-order valence-electron chi connectivity index (χ2n) is 2.89. The number of anilines is 1. The van der Waals surface area contributed by atoms with Crippen molar-refractivity contribution in [3.05, 3.63) is 22.6 Å². The molecule has 1 rings (SSSR count). The Balaban J connectivity index is 2.82. The van der Waals surface area contributed by atoms with Crippen LogP contribution in [0.25, 0.3) is 0 Å². The summed E-state index contributed by atoms with van der Waals surface area (Å²) < 4.78 is 18.4. The van der Waals surface area contributed by atoms with Crippen molar-refractivity contribution in [2.24, 2.45) is 0 Å². The number of halogens is 2. The van der Waals surface area contributed by atoms with Gasteiger partial charge in [-0.3, -0.25) is 4.79 Å². The van der Waals surface area contributed by atoms with E-state index in [-0.39, 0.29) is 12.4 Å². The highest BCUT2D eigenvalue weighted by Crippen LogP contribution is 2.18. The van der Waals surface area contributed by atoms with Crippen LogP contribution < -0.4 is 4.90 Å². The molecule has 1 heterocycles. The Morgan fingerprint density at radius 2 is 2.40 bits per heavy atom. The molecule has 0 aliphatic heterocycles. The van der Waals surface area contributed by atoms with Crippen LogP contribution in [0.5, 0.6) is 0 Å². The van der Waals surface area contributed by atoms with Crippen molar-refractivity contribution in [2.45, 2.75) is 0 Å². The second kappa shape index (κ2) is 5.06. The second-order valence-corrected chi connectivity index (χ2v) is 3.81. The van der Waals surface area contributed by atoms with Crippen LogP contribution >= 0.6 is 15.9 Å². The largest absolute Gasteiger partial charge is 0.468 e. The van der Waals surface area contributed by atoms with E-state index in [9.17, 15) is 9.18 Å². The molecule has 0 fully saturated rings. The van der Waals surface area contributed by atoms with Gasteiger partial charge in [0.15, 0.2) is 11.6 Å². The SMILES string of the molecule is COC(=O)CN(C)c1ncc(Br)cc1F. The number of rotatable bonds is 3. The predicted molar refractivity (Wildman–Crippen MR) is 57.2 cm³/mol. The van der Waals surface area contributed by atoms with Crippen LogP contribution in [0.1, 0.15) is 0 Å². The molecule has 6 heteroatoms. The molecule has 0 amide bonds. The normalized spacial score (nSPS) is 9.87. The summed E-state index contributed by atoms with van der Waals surface area (Å²) in [6.07, 6.45) is 1.46. The van der Waals surface area contributed by atoms with Crippen LogP contribution in [0, 0.1) is 5.82 Å². The monoisotopic (exact) mass is 276 g/mol. The Kier molecular flexibility index (Phi) is 4.02. The van der Waals surface area contributed by atoms with Crippen LogP contribution in [-0.2, 0) is 9.53 Å². The predicted octanol–water partition coefficient (Wildman–Crippen LogP) is 1.59. The summed E-state index contributed by atoms with van der Waals surface area (Å²) in [7, 11) is 2.85. The van der Waals surface area contributed by atoms with Gasteiger partial charge in [-0.2, -0.15) is 0 Å². The molecule has 0 aliphatic rings. The molecule has 0 aromatic carbocycles. The Morgan fingerprint density at radius 3 is 2.93 bits per heavy atom. The number of methoxy groups -OCH3 is 1. The fourth-order valence-corrected chi connectivity index (χ4v) is 1.32. The molecule has 1 aromatic heterocycles. The summed E-state index contributed by atoms with van der Waals surface area (Å²) in [5, 5.41) is 0. The number of ether oxygens (including phenoxy) is 1. The van der Waals surface area contributed by atoms with Gasteiger partial charge < -0.3 is 9.64 Å². The van der Waals surface area contributed by atoms with Crippen molar-refractivity contribution in [1.29, 1.82) is 0 Å². The van der Waals surface area contributed by atoms with Crippen LogP contribution in [0.4, 0.5) is 10.2 Å². The zero-order chi connectivity index (χ0) is 11.4. The van der Waals surface area contributed by atoms with Gasteiger partial charge in [0.1, 0.15) is 6.54 Å². The molecule has 15 heavy (non-hydrogen) atoms. The first-order valence-electron chi connectivity index (χ1n) is 4.13. The highest BCUT2D eigenvalue weighted by Gasteiger charge is 2.13. The van der Waals surface area contributed by atoms with E-state index >= 15 is 0 Å². The van der Waals surface area contributed by atoms with E-state index in [4.69, 9.17) is 0 Å². The third kappa shape index (κ3) is 3.16. The maximum atomic E-state index is 13.4. The van der Waals surface area contributed by atoms with Gasteiger partial charge in [0, 0.05) is 17.7 Å². The lowest BCUT2D eigenvalue weighted by atomic mass is 10.4. The molecule has 0 unspecified atom stereocenters. The zero-order valence-electron chi connectivity index (χ0n) is 8.33. The summed E-state index contributed by atoms with van der Waals surface area (Å²) in [4.78, 5) is 16.2. The Hall–Kier alpha value is -1.17. The highest BCUT2D eigenvalue weighted by atomic mass is 79.9. The average molecular weight is 277 g/mol. The lowest BCUT2D eigenvalue weighted by Crippen LogP contribution is -2.27. The number of hydrogen-bond donors (Lipinski definition) is 0. The quantitative estimate of drug-likeness (QED) is 0.787. The minimum Gasteiger partial charge on any atom is -0.468 e. The van der Waals surface area contributed by atoms with Crippen molar-refractivity contribution >= 4 is 27.7 Å². The van der Waals surface area contributed by atoms with Crippen molar-refractivity contribution in [1.82, 2.24) is 4.98 Å². The number of nitrogens with zero attached hydrogens (tertiary/aromatic N) is 2. The molecular weight excluding hydrogens is 267 g/mol. The van der Waals surface area contributed by atoms with Gasteiger partial charge in [0.2, 0.25) is 0 Å². The van der Waals surface area contributed by atoms with E-state index in [2.05, 4.69) is 25.7 Å². The number of esters is 1. The third-order valence-corrected chi connectivity index (χ3v) is 2.18. The molecule has 82 valence electrons. The van der Waals surface area contributed by atoms with Crippen molar-refractivity contribution < 1.29 is 13.9 Å². The summed E-state index contributed by atoms with van der Waals surface area (Å²) in [6, 6.07) is 1.29. The molecule has 4 nitrogen and oxygen atoms in total. The van der Waals surface area contributed by atoms with E-state index in [0.717, 1.165) is 0 Å². The number of hydrogen-bond acceptors (Lipinski definition) is 4. The number of carbonyl (C=O) groups excluding carboxylic acids is 1. The molecule has 0 aliphatic carbocycles. The maximum absolute atomic E-state index is 13.4. The topological polar surface area (TPSA) is 42.4 Å². The van der Waals surface area contributed by atoms with Gasteiger partial charge in [-0.15, -0.1) is 0 Å². The molecule has 0 spiro atoms. The summed E-state index contributed by atoms with van der Waals surface area (Å²) in [5.74, 6) is -0.819. The molecule has 0 atom stereocenters. The number of pyridine rings is 1. The van der Waals surface area contributed by atoms with Crippen molar-refractivity contribution in [2.75, 3.05) is 25.6 Å². The summed E-state index contributed by atoms with van der Waals surface area (Å²) in [5.41, 5.74) is 0. The summed E-state index contributed by atoms with van der Waals surface area (Å²) in [6.45, 7) is -0.0396. The van der Waals surface area contributed by atoms with Crippen LogP contribution in [0.2, 0.25) is 0 Å².